The van der Waals surface area contributed by atoms with Crippen molar-refractivity contribution < 1.29 is 9.90 Å². The zero-order valence-corrected chi connectivity index (χ0v) is 11.2. The van der Waals surface area contributed by atoms with Gasteiger partial charge in [0.25, 0.3) is 0 Å². The standard InChI is InChI=1S/C11H23NO2S/c1-8(2)10(11(14)12(4)5)15-7-9(3)6-13/h8-10,13H,6-7H2,1-5H3. The van der Waals surface area contributed by atoms with Crippen molar-refractivity contribution in [2.75, 3.05) is 26.5 Å². The van der Waals surface area contributed by atoms with Crippen LogP contribution in [0.5, 0.6) is 0 Å². The molecule has 2 atom stereocenters. The van der Waals surface area contributed by atoms with Crippen LogP contribution in [0.3, 0.4) is 0 Å². The number of hydrogen-bond acceptors (Lipinski definition) is 3. The fraction of sp³-hybridized carbons (Fsp3) is 0.909. The third-order valence-corrected chi connectivity index (χ3v) is 4.03. The van der Waals surface area contributed by atoms with Crippen LogP contribution < -0.4 is 0 Å². The van der Waals surface area contributed by atoms with Gasteiger partial charge in [0.2, 0.25) is 5.91 Å². The lowest BCUT2D eigenvalue weighted by Gasteiger charge is -2.24. The van der Waals surface area contributed by atoms with Crippen LogP contribution in [0.1, 0.15) is 20.8 Å². The van der Waals surface area contributed by atoms with Crippen LogP contribution in [-0.2, 0) is 4.79 Å². The molecular formula is C11H23NO2S. The Bertz CT molecular complexity index is 195. The van der Waals surface area contributed by atoms with Crippen LogP contribution in [0.15, 0.2) is 0 Å². The van der Waals surface area contributed by atoms with Gasteiger partial charge in [-0.25, -0.2) is 0 Å². The van der Waals surface area contributed by atoms with E-state index in [0.717, 1.165) is 5.75 Å². The molecule has 0 aliphatic heterocycles. The molecule has 0 aromatic rings. The van der Waals surface area contributed by atoms with Crippen LogP contribution >= 0.6 is 11.8 Å². The summed E-state index contributed by atoms with van der Waals surface area (Å²) in [7, 11) is 3.57. The lowest BCUT2D eigenvalue weighted by molar-refractivity contribution is -0.128. The summed E-state index contributed by atoms with van der Waals surface area (Å²) >= 11 is 1.65. The molecule has 3 nitrogen and oxygen atoms in total. The Balaban J connectivity index is 4.23. The quantitative estimate of drug-likeness (QED) is 0.755. The number of nitrogens with zero attached hydrogens (tertiary/aromatic N) is 1. The summed E-state index contributed by atoms with van der Waals surface area (Å²) in [6.45, 7) is 6.30. The van der Waals surface area contributed by atoms with Crippen LogP contribution in [0.4, 0.5) is 0 Å². The first-order valence-corrected chi connectivity index (χ1v) is 6.38. The highest BCUT2D eigenvalue weighted by Crippen LogP contribution is 2.23. The predicted molar refractivity (Wildman–Crippen MR) is 66.0 cm³/mol. The number of aliphatic hydroxyl groups excluding tert-OH is 1. The SMILES string of the molecule is CC(CO)CSC(C(=O)N(C)C)C(C)C. The Morgan fingerprint density at radius 2 is 1.87 bits per heavy atom. The molecule has 0 saturated carbocycles. The molecule has 0 aromatic carbocycles. The Morgan fingerprint density at radius 1 is 1.33 bits per heavy atom. The highest BCUT2D eigenvalue weighted by Gasteiger charge is 2.24. The zero-order valence-electron chi connectivity index (χ0n) is 10.4. The van der Waals surface area contributed by atoms with Gasteiger partial charge in [0.05, 0.1) is 5.25 Å². The van der Waals surface area contributed by atoms with Gasteiger partial charge in [-0.2, -0.15) is 0 Å². The molecule has 0 aromatic heterocycles. The minimum Gasteiger partial charge on any atom is -0.396 e. The number of hydrogen-bond donors (Lipinski definition) is 1. The van der Waals surface area contributed by atoms with E-state index in [1.807, 2.05) is 6.92 Å². The summed E-state index contributed by atoms with van der Waals surface area (Å²) in [5.74, 6) is 1.58. The van der Waals surface area contributed by atoms with E-state index in [2.05, 4.69) is 13.8 Å². The number of thioether (sulfide) groups is 1. The summed E-state index contributed by atoms with van der Waals surface area (Å²) in [5.41, 5.74) is 0. The fourth-order valence-corrected chi connectivity index (χ4v) is 2.50. The normalized spacial score (nSPS) is 15.1. The van der Waals surface area contributed by atoms with Gasteiger partial charge < -0.3 is 10.0 Å². The van der Waals surface area contributed by atoms with Crippen LogP contribution in [0.25, 0.3) is 0 Å². The molecule has 4 heteroatoms. The van der Waals surface area contributed by atoms with E-state index >= 15 is 0 Å². The summed E-state index contributed by atoms with van der Waals surface area (Å²) in [4.78, 5) is 13.5. The Morgan fingerprint density at radius 3 is 2.20 bits per heavy atom. The van der Waals surface area contributed by atoms with Gasteiger partial charge in [-0.3, -0.25) is 4.79 Å². The highest BCUT2D eigenvalue weighted by molar-refractivity contribution is 8.00. The van der Waals surface area contributed by atoms with Crippen LogP contribution in [-0.4, -0.2) is 47.6 Å². The number of aliphatic hydroxyl groups is 1. The minimum absolute atomic E-state index is 0.00833. The Hall–Kier alpha value is -0.220. The van der Waals surface area contributed by atoms with Crippen LogP contribution in [0.2, 0.25) is 0 Å². The molecule has 0 radical (unpaired) electrons. The lowest BCUT2D eigenvalue weighted by atomic mass is 10.1. The molecule has 1 amide bonds. The van der Waals surface area contributed by atoms with E-state index in [-0.39, 0.29) is 23.7 Å². The first-order valence-electron chi connectivity index (χ1n) is 5.33. The second-order valence-electron chi connectivity index (χ2n) is 4.52. The average molecular weight is 233 g/mol. The molecule has 0 heterocycles. The van der Waals surface area contributed by atoms with Crippen molar-refractivity contribution in [1.29, 1.82) is 0 Å². The molecule has 15 heavy (non-hydrogen) atoms. The number of carbonyl (C=O) groups excluding carboxylic acids is 1. The first kappa shape index (κ1) is 14.8. The lowest BCUT2D eigenvalue weighted by Crippen LogP contribution is -2.35. The molecule has 0 aliphatic rings. The van der Waals surface area contributed by atoms with Gasteiger partial charge in [-0.15, -0.1) is 11.8 Å². The molecule has 0 rings (SSSR count). The van der Waals surface area contributed by atoms with E-state index in [1.54, 1.807) is 30.8 Å². The second kappa shape index (κ2) is 7.12. The largest absolute Gasteiger partial charge is 0.396 e. The summed E-state index contributed by atoms with van der Waals surface area (Å²) in [6.07, 6.45) is 0. The molecule has 2 unspecified atom stereocenters. The van der Waals surface area contributed by atoms with Crippen molar-refractivity contribution in [3.8, 4) is 0 Å². The molecule has 0 spiro atoms. The summed E-state index contributed by atoms with van der Waals surface area (Å²) < 4.78 is 0. The first-order chi connectivity index (χ1) is 6.90. The summed E-state index contributed by atoms with van der Waals surface area (Å²) in [6, 6.07) is 0. The van der Waals surface area contributed by atoms with Crippen molar-refractivity contribution in [2.45, 2.75) is 26.0 Å². The zero-order chi connectivity index (χ0) is 12.0. The van der Waals surface area contributed by atoms with Crippen LogP contribution in [0, 0.1) is 11.8 Å². The van der Waals surface area contributed by atoms with Crippen molar-refractivity contribution in [1.82, 2.24) is 4.90 Å². The van der Waals surface area contributed by atoms with Crippen molar-refractivity contribution in [2.24, 2.45) is 11.8 Å². The van der Waals surface area contributed by atoms with Gasteiger partial charge in [-0.1, -0.05) is 20.8 Å². The molecule has 0 bridgehead atoms. The smallest absolute Gasteiger partial charge is 0.235 e. The second-order valence-corrected chi connectivity index (χ2v) is 5.69. The summed E-state index contributed by atoms with van der Waals surface area (Å²) in [5, 5.41) is 8.93. The van der Waals surface area contributed by atoms with Crippen molar-refractivity contribution in [3.63, 3.8) is 0 Å². The maximum absolute atomic E-state index is 11.8. The number of amides is 1. The molecular weight excluding hydrogens is 210 g/mol. The molecule has 0 saturated heterocycles. The monoisotopic (exact) mass is 233 g/mol. The predicted octanol–water partition coefficient (Wildman–Crippen LogP) is 1.46. The third-order valence-electron chi connectivity index (χ3n) is 2.16. The van der Waals surface area contributed by atoms with Gasteiger partial charge >= 0.3 is 0 Å². The topological polar surface area (TPSA) is 40.5 Å². The van der Waals surface area contributed by atoms with Gasteiger partial charge in [-0.05, 0) is 17.6 Å². The van der Waals surface area contributed by atoms with E-state index in [1.165, 1.54) is 0 Å². The molecule has 90 valence electrons. The maximum atomic E-state index is 11.8. The molecule has 0 aliphatic carbocycles. The van der Waals surface area contributed by atoms with Gasteiger partial charge in [0.15, 0.2) is 0 Å². The fourth-order valence-electron chi connectivity index (χ4n) is 1.12. The highest BCUT2D eigenvalue weighted by atomic mass is 32.2. The Kier molecular flexibility index (Phi) is 7.02. The van der Waals surface area contributed by atoms with E-state index in [4.69, 9.17) is 5.11 Å². The van der Waals surface area contributed by atoms with E-state index in [0.29, 0.717) is 5.92 Å². The third kappa shape index (κ3) is 5.42. The van der Waals surface area contributed by atoms with E-state index < -0.39 is 0 Å². The van der Waals surface area contributed by atoms with Gasteiger partial charge in [0, 0.05) is 20.7 Å². The number of rotatable bonds is 6. The average Bonchev–Trinajstić information content (AvgIpc) is 2.16. The maximum Gasteiger partial charge on any atom is 0.235 e. The van der Waals surface area contributed by atoms with Gasteiger partial charge in [0.1, 0.15) is 0 Å². The number of carbonyl (C=O) groups is 1. The molecule has 1 N–H and O–H groups in total. The molecule has 0 fully saturated rings. The Labute approximate surface area is 97.2 Å². The minimum atomic E-state index is 0.00833. The van der Waals surface area contributed by atoms with Crippen molar-refractivity contribution in [3.05, 3.63) is 0 Å². The van der Waals surface area contributed by atoms with E-state index in [9.17, 15) is 4.79 Å². The van der Waals surface area contributed by atoms with Crippen molar-refractivity contribution >= 4 is 17.7 Å².